The molecule has 35 heavy (non-hydrogen) atoms. The quantitative estimate of drug-likeness (QED) is 0.394. The molecule has 0 atom stereocenters. The Morgan fingerprint density at radius 2 is 1.80 bits per heavy atom. The summed E-state index contributed by atoms with van der Waals surface area (Å²) in [4.78, 5) is 52.2. The maximum absolute atomic E-state index is 12.9. The summed E-state index contributed by atoms with van der Waals surface area (Å²) in [7, 11) is 0. The van der Waals surface area contributed by atoms with E-state index in [1.54, 1.807) is 13.8 Å². The fraction of sp³-hybridized carbons (Fsp3) is 0.192. The standard InChI is InChI=1S/C26H21N3O5S/c1-3-34-26(33)21-15(2)20(14-27)23(35-21)28-22(30)17-9-10-18-19(13-17)25(32)29(24(18)31)12-11-16-7-5-4-6-8-16/h4-10,13H,3,11-12H2,1-2H3,(H,28,30). The summed E-state index contributed by atoms with van der Waals surface area (Å²) >= 11 is 0.955. The Balaban J connectivity index is 1.53. The lowest BCUT2D eigenvalue weighted by atomic mass is 10.1. The zero-order chi connectivity index (χ0) is 25.1. The van der Waals surface area contributed by atoms with Crippen molar-refractivity contribution in [2.75, 3.05) is 18.5 Å². The first kappa shape index (κ1) is 23.9. The number of thiophene rings is 1. The fourth-order valence-corrected chi connectivity index (χ4v) is 4.87. The SMILES string of the molecule is CCOC(=O)c1sc(NC(=O)c2ccc3c(c2)C(=O)N(CCc2ccccc2)C3=O)c(C#N)c1C. The summed E-state index contributed by atoms with van der Waals surface area (Å²) in [6.07, 6.45) is 0.525. The van der Waals surface area contributed by atoms with E-state index < -0.39 is 23.7 Å². The molecule has 2 heterocycles. The van der Waals surface area contributed by atoms with Crippen molar-refractivity contribution in [1.82, 2.24) is 4.90 Å². The monoisotopic (exact) mass is 487 g/mol. The van der Waals surface area contributed by atoms with Crippen LogP contribution in [0.2, 0.25) is 0 Å². The highest BCUT2D eigenvalue weighted by atomic mass is 32.1. The Morgan fingerprint density at radius 1 is 1.09 bits per heavy atom. The highest BCUT2D eigenvalue weighted by molar-refractivity contribution is 7.18. The van der Waals surface area contributed by atoms with Crippen LogP contribution in [0.1, 0.15) is 64.4 Å². The minimum atomic E-state index is -0.566. The Bertz CT molecular complexity index is 1390. The van der Waals surface area contributed by atoms with E-state index in [2.05, 4.69) is 5.32 Å². The van der Waals surface area contributed by atoms with Crippen molar-refractivity contribution < 1.29 is 23.9 Å². The minimum absolute atomic E-state index is 0.155. The van der Waals surface area contributed by atoms with Gasteiger partial charge in [-0.2, -0.15) is 5.26 Å². The minimum Gasteiger partial charge on any atom is -0.462 e. The molecule has 0 bridgehead atoms. The van der Waals surface area contributed by atoms with Gasteiger partial charge in [-0.25, -0.2) is 4.79 Å². The Hall–Kier alpha value is -4.29. The van der Waals surface area contributed by atoms with E-state index in [0.29, 0.717) is 12.0 Å². The van der Waals surface area contributed by atoms with Crippen molar-refractivity contribution in [3.05, 3.63) is 86.8 Å². The molecule has 1 aliphatic rings. The third-order valence-corrected chi connectivity index (χ3v) is 6.83. The van der Waals surface area contributed by atoms with Gasteiger partial charge in [0, 0.05) is 12.1 Å². The van der Waals surface area contributed by atoms with Gasteiger partial charge in [0.1, 0.15) is 15.9 Å². The molecule has 176 valence electrons. The van der Waals surface area contributed by atoms with Crippen LogP contribution in [-0.4, -0.2) is 41.7 Å². The van der Waals surface area contributed by atoms with Crippen LogP contribution in [0.15, 0.2) is 48.5 Å². The summed E-state index contributed by atoms with van der Waals surface area (Å²) in [6, 6.07) is 15.8. The van der Waals surface area contributed by atoms with Crippen LogP contribution in [0.4, 0.5) is 5.00 Å². The molecule has 0 fully saturated rings. The first-order valence-electron chi connectivity index (χ1n) is 10.9. The fourth-order valence-electron chi connectivity index (χ4n) is 3.82. The van der Waals surface area contributed by atoms with Gasteiger partial charge >= 0.3 is 5.97 Å². The number of anilines is 1. The van der Waals surface area contributed by atoms with Crippen LogP contribution < -0.4 is 5.32 Å². The van der Waals surface area contributed by atoms with Crippen LogP contribution >= 0.6 is 11.3 Å². The number of carbonyl (C=O) groups is 4. The molecular weight excluding hydrogens is 466 g/mol. The average molecular weight is 488 g/mol. The summed E-state index contributed by atoms with van der Waals surface area (Å²) in [5.74, 6) is -1.98. The van der Waals surface area contributed by atoms with Crippen LogP contribution in [0.5, 0.6) is 0 Å². The Labute approximate surface area is 205 Å². The highest BCUT2D eigenvalue weighted by Crippen LogP contribution is 2.33. The number of rotatable bonds is 7. The normalized spacial score (nSPS) is 12.3. The molecule has 0 radical (unpaired) electrons. The van der Waals surface area contributed by atoms with Gasteiger partial charge in [-0.15, -0.1) is 11.3 Å². The van der Waals surface area contributed by atoms with Gasteiger partial charge in [-0.1, -0.05) is 30.3 Å². The molecule has 1 N–H and O–H groups in total. The number of nitrogens with one attached hydrogen (secondary N) is 1. The molecule has 0 aliphatic carbocycles. The smallest absolute Gasteiger partial charge is 0.348 e. The molecule has 8 nitrogen and oxygen atoms in total. The molecule has 3 aromatic rings. The maximum atomic E-state index is 12.9. The molecule has 0 saturated heterocycles. The topological polar surface area (TPSA) is 117 Å². The van der Waals surface area contributed by atoms with Crippen LogP contribution in [0.3, 0.4) is 0 Å². The molecule has 0 unspecified atom stereocenters. The molecular formula is C26H21N3O5S. The summed E-state index contributed by atoms with van der Waals surface area (Å²) < 4.78 is 5.02. The maximum Gasteiger partial charge on any atom is 0.348 e. The van der Waals surface area contributed by atoms with Crippen molar-refractivity contribution in [3.8, 4) is 6.07 Å². The van der Waals surface area contributed by atoms with Crippen LogP contribution in [-0.2, 0) is 11.2 Å². The van der Waals surface area contributed by atoms with Crippen LogP contribution in [0, 0.1) is 18.3 Å². The first-order valence-corrected chi connectivity index (χ1v) is 11.7. The number of ether oxygens (including phenoxy) is 1. The predicted molar refractivity (Wildman–Crippen MR) is 130 cm³/mol. The van der Waals surface area contributed by atoms with Crippen LogP contribution in [0.25, 0.3) is 0 Å². The molecule has 1 aromatic heterocycles. The molecule has 4 rings (SSSR count). The first-order chi connectivity index (χ1) is 16.8. The molecule has 1 aliphatic heterocycles. The number of esters is 1. The van der Waals surface area contributed by atoms with Gasteiger partial charge < -0.3 is 10.1 Å². The number of carbonyl (C=O) groups excluding carboxylic acids is 4. The van der Waals surface area contributed by atoms with Gasteiger partial charge in [-0.3, -0.25) is 19.3 Å². The van der Waals surface area contributed by atoms with Gasteiger partial charge in [0.2, 0.25) is 0 Å². The summed E-state index contributed by atoms with van der Waals surface area (Å²) in [5.41, 5.74) is 2.16. The van der Waals surface area contributed by atoms with Crippen molar-refractivity contribution in [1.29, 1.82) is 5.26 Å². The number of hydrogen-bond donors (Lipinski definition) is 1. The number of nitriles is 1. The Morgan fingerprint density at radius 3 is 2.49 bits per heavy atom. The number of amides is 3. The second kappa shape index (κ2) is 9.91. The second-order valence-electron chi connectivity index (χ2n) is 7.80. The van der Waals surface area contributed by atoms with E-state index in [1.165, 1.54) is 23.1 Å². The second-order valence-corrected chi connectivity index (χ2v) is 8.83. The van der Waals surface area contributed by atoms with Gasteiger partial charge in [-0.05, 0) is 49.6 Å². The van der Waals surface area contributed by atoms with Crippen molar-refractivity contribution in [2.24, 2.45) is 0 Å². The largest absolute Gasteiger partial charge is 0.462 e. The number of imide groups is 1. The van der Waals surface area contributed by atoms with Crippen molar-refractivity contribution in [3.63, 3.8) is 0 Å². The number of fused-ring (bicyclic) bond motifs is 1. The van der Waals surface area contributed by atoms with E-state index >= 15 is 0 Å². The van der Waals surface area contributed by atoms with E-state index in [9.17, 15) is 24.4 Å². The van der Waals surface area contributed by atoms with Gasteiger partial charge in [0.05, 0.1) is 23.3 Å². The lowest BCUT2D eigenvalue weighted by Crippen LogP contribution is -2.31. The molecule has 3 amide bonds. The number of benzene rings is 2. The number of hydrogen-bond acceptors (Lipinski definition) is 7. The highest BCUT2D eigenvalue weighted by Gasteiger charge is 2.35. The third kappa shape index (κ3) is 4.56. The van der Waals surface area contributed by atoms with Crippen molar-refractivity contribution in [2.45, 2.75) is 20.3 Å². The van der Waals surface area contributed by atoms with E-state index in [0.717, 1.165) is 16.9 Å². The van der Waals surface area contributed by atoms with E-state index in [4.69, 9.17) is 4.74 Å². The van der Waals surface area contributed by atoms with Gasteiger partial charge in [0.15, 0.2) is 0 Å². The third-order valence-electron chi connectivity index (χ3n) is 5.65. The lowest BCUT2D eigenvalue weighted by Gasteiger charge is -2.13. The summed E-state index contributed by atoms with van der Waals surface area (Å²) in [6.45, 7) is 3.70. The predicted octanol–water partition coefficient (Wildman–Crippen LogP) is 4.20. The molecule has 9 heteroatoms. The average Bonchev–Trinajstić information content (AvgIpc) is 3.30. The van der Waals surface area contributed by atoms with Crippen molar-refractivity contribution >= 4 is 40.0 Å². The molecule has 0 saturated carbocycles. The van der Waals surface area contributed by atoms with Gasteiger partial charge in [0.25, 0.3) is 17.7 Å². The zero-order valence-corrected chi connectivity index (χ0v) is 19.9. The number of nitrogens with zero attached hydrogens (tertiary/aromatic N) is 2. The lowest BCUT2D eigenvalue weighted by molar-refractivity contribution is 0.0530. The molecule has 2 aromatic carbocycles. The van der Waals surface area contributed by atoms with E-state index in [1.807, 2.05) is 36.4 Å². The Kier molecular flexibility index (Phi) is 6.75. The summed E-state index contributed by atoms with van der Waals surface area (Å²) in [5, 5.41) is 12.4. The molecule has 0 spiro atoms. The van der Waals surface area contributed by atoms with E-state index in [-0.39, 0.29) is 45.3 Å². The zero-order valence-electron chi connectivity index (χ0n) is 19.1.